The normalized spacial score (nSPS) is 11.9. The summed E-state index contributed by atoms with van der Waals surface area (Å²) in [6.07, 6.45) is -8.85. The van der Waals surface area contributed by atoms with Gasteiger partial charge in [-0.3, -0.25) is 4.79 Å². The highest BCUT2D eigenvalue weighted by Crippen LogP contribution is 2.30. The number of aromatic nitrogens is 1. The third-order valence-electron chi connectivity index (χ3n) is 1.85. The first kappa shape index (κ1) is 13.3. The zero-order chi connectivity index (χ0) is 13.2. The monoisotopic (exact) mass is 255 g/mol. The van der Waals surface area contributed by atoms with E-state index in [-0.39, 0.29) is 0 Å². The molecule has 0 saturated heterocycles. The lowest BCUT2D eigenvalue weighted by atomic mass is 10.1. The summed E-state index contributed by atoms with van der Waals surface area (Å²) in [5, 5.41) is 8.40. The van der Waals surface area contributed by atoms with Crippen LogP contribution in [0.2, 0.25) is 0 Å². The van der Waals surface area contributed by atoms with Crippen molar-refractivity contribution in [2.45, 2.75) is 19.0 Å². The Morgan fingerprint density at radius 2 is 1.94 bits per heavy atom. The second-order valence-corrected chi connectivity index (χ2v) is 3.10. The molecule has 1 aromatic rings. The smallest absolute Gasteiger partial charge is 0.433 e. The minimum atomic E-state index is -4.80. The summed E-state index contributed by atoms with van der Waals surface area (Å²) in [4.78, 5) is 13.3. The maximum Gasteiger partial charge on any atom is 0.433 e. The molecule has 1 rings (SSSR count). The Balaban J connectivity index is 3.24. The number of pyridine rings is 1. The van der Waals surface area contributed by atoms with Crippen LogP contribution < -0.4 is 0 Å². The molecule has 0 amide bonds. The SMILES string of the molecule is O=C(O)Cc1nc(C(F)(F)F)ccc1C(F)F. The molecule has 94 valence electrons. The highest BCUT2D eigenvalue weighted by atomic mass is 19.4. The Morgan fingerprint density at radius 1 is 1.35 bits per heavy atom. The van der Waals surface area contributed by atoms with Gasteiger partial charge in [0, 0.05) is 5.56 Å². The molecule has 1 heterocycles. The van der Waals surface area contributed by atoms with E-state index in [9.17, 15) is 26.7 Å². The maximum atomic E-state index is 12.4. The molecule has 0 radical (unpaired) electrons. The van der Waals surface area contributed by atoms with E-state index in [4.69, 9.17) is 5.11 Å². The van der Waals surface area contributed by atoms with Gasteiger partial charge in [-0.25, -0.2) is 13.8 Å². The molecule has 0 fully saturated rings. The van der Waals surface area contributed by atoms with Crippen molar-refractivity contribution in [1.29, 1.82) is 0 Å². The summed E-state index contributed by atoms with van der Waals surface area (Å²) in [7, 11) is 0. The molecular weight excluding hydrogens is 249 g/mol. The predicted molar refractivity (Wildman–Crippen MR) is 45.5 cm³/mol. The average Bonchev–Trinajstić information content (AvgIpc) is 2.14. The molecule has 0 aromatic carbocycles. The highest BCUT2D eigenvalue weighted by Gasteiger charge is 2.33. The molecular formula is C9H6F5NO2. The van der Waals surface area contributed by atoms with Crippen LogP contribution in [0, 0.1) is 0 Å². The van der Waals surface area contributed by atoms with E-state index in [1.54, 1.807) is 0 Å². The van der Waals surface area contributed by atoms with Crippen LogP contribution in [-0.2, 0) is 17.4 Å². The maximum absolute atomic E-state index is 12.4. The standard InChI is InChI=1S/C9H6F5NO2/c10-8(11)4-1-2-6(9(12,13)14)15-5(4)3-7(16)17/h1-2,8H,3H2,(H,16,17). The zero-order valence-corrected chi connectivity index (χ0v) is 8.13. The third kappa shape index (κ3) is 3.36. The number of carboxylic acid groups (broad SMARTS) is 1. The molecule has 3 nitrogen and oxygen atoms in total. The van der Waals surface area contributed by atoms with Crippen LogP contribution >= 0.6 is 0 Å². The van der Waals surface area contributed by atoms with E-state index >= 15 is 0 Å². The number of alkyl halides is 5. The number of aliphatic carboxylic acids is 1. The molecule has 8 heteroatoms. The van der Waals surface area contributed by atoms with Gasteiger partial charge in [0.05, 0.1) is 12.1 Å². The van der Waals surface area contributed by atoms with Gasteiger partial charge in [0.15, 0.2) is 0 Å². The largest absolute Gasteiger partial charge is 0.481 e. The highest BCUT2D eigenvalue weighted by molar-refractivity contribution is 5.70. The molecule has 0 unspecified atom stereocenters. The Labute approximate surface area is 91.9 Å². The molecule has 0 spiro atoms. The third-order valence-corrected chi connectivity index (χ3v) is 1.85. The minimum absolute atomic E-state index is 0.396. The molecule has 1 N–H and O–H groups in total. The quantitative estimate of drug-likeness (QED) is 0.845. The fourth-order valence-electron chi connectivity index (χ4n) is 1.15. The molecule has 0 saturated carbocycles. The number of hydrogen-bond acceptors (Lipinski definition) is 2. The van der Waals surface area contributed by atoms with Crippen LogP contribution in [0.5, 0.6) is 0 Å². The second kappa shape index (κ2) is 4.64. The summed E-state index contributed by atoms with van der Waals surface area (Å²) in [6.45, 7) is 0. The Morgan fingerprint density at radius 3 is 2.35 bits per heavy atom. The topological polar surface area (TPSA) is 50.2 Å². The first-order chi connectivity index (χ1) is 7.71. The molecule has 17 heavy (non-hydrogen) atoms. The molecule has 1 aromatic heterocycles. The molecule has 0 aliphatic carbocycles. The van der Waals surface area contributed by atoms with Gasteiger partial charge in [-0.15, -0.1) is 0 Å². The van der Waals surface area contributed by atoms with Crippen LogP contribution in [-0.4, -0.2) is 16.1 Å². The van der Waals surface area contributed by atoms with Crippen molar-refractivity contribution in [3.8, 4) is 0 Å². The molecule has 0 aliphatic rings. The number of nitrogens with zero attached hydrogens (tertiary/aromatic N) is 1. The fraction of sp³-hybridized carbons (Fsp3) is 0.333. The molecule has 0 aliphatic heterocycles. The number of carboxylic acids is 1. The number of halogens is 5. The van der Waals surface area contributed by atoms with Crippen molar-refractivity contribution in [1.82, 2.24) is 4.98 Å². The zero-order valence-electron chi connectivity index (χ0n) is 8.13. The van der Waals surface area contributed by atoms with E-state index < -0.39 is 41.9 Å². The van der Waals surface area contributed by atoms with Gasteiger partial charge in [0.2, 0.25) is 0 Å². The first-order valence-electron chi connectivity index (χ1n) is 4.28. The van der Waals surface area contributed by atoms with Gasteiger partial charge in [-0.05, 0) is 12.1 Å². The molecule has 0 atom stereocenters. The second-order valence-electron chi connectivity index (χ2n) is 3.10. The predicted octanol–water partition coefficient (Wildman–Crippen LogP) is 2.67. The van der Waals surface area contributed by atoms with E-state index in [0.29, 0.717) is 12.1 Å². The Hall–Kier alpha value is -1.73. The number of carbonyl (C=O) groups is 1. The van der Waals surface area contributed by atoms with Gasteiger partial charge < -0.3 is 5.11 Å². The Kier molecular flexibility index (Phi) is 3.64. The Bertz CT molecular complexity index is 430. The lowest BCUT2D eigenvalue weighted by molar-refractivity contribution is -0.142. The van der Waals surface area contributed by atoms with Gasteiger partial charge in [0.25, 0.3) is 6.43 Å². The summed E-state index contributed by atoms with van der Waals surface area (Å²) in [5.41, 5.74) is -2.97. The van der Waals surface area contributed by atoms with Crippen LogP contribution in [0.3, 0.4) is 0 Å². The summed E-state index contributed by atoms with van der Waals surface area (Å²) in [6, 6.07) is 0.936. The van der Waals surface area contributed by atoms with Crippen LogP contribution in [0.4, 0.5) is 22.0 Å². The van der Waals surface area contributed by atoms with E-state index in [1.165, 1.54) is 0 Å². The van der Waals surface area contributed by atoms with E-state index in [0.717, 1.165) is 0 Å². The molecule has 0 bridgehead atoms. The van der Waals surface area contributed by atoms with Crippen molar-refractivity contribution >= 4 is 5.97 Å². The van der Waals surface area contributed by atoms with Crippen molar-refractivity contribution in [2.75, 3.05) is 0 Å². The fourth-order valence-corrected chi connectivity index (χ4v) is 1.15. The van der Waals surface area contributed by atoms with E-state index in [2.05, 4.69) is 4.98 Å². The van der Waals surface area contributed by atoms with Crippen LogP contribution in [0.1, 0.15) is 23.4 Å². The van der Waals surface area contributed by atoms with Gasteiger partial charge in [0.1, 0.15) is 5.69 Å². The first-order valence-corrected chi connectivity index (χ1v) is 4.28. The number of hydrogen-bond donors (Lipinski definition) is 1. The van der Waals surface area contributed by atoms with Gasteiger partial charge in [-0.1, -0.05) is 0 Å². The number of rotatable bonds is 3. The summed E-state index contributed by atoms with van der Waals surface area (Å²) in [5.74, 6) is -1.53. The average molecular weight is 255 g/mol. The lowest BCUT2D eigenvalue weighted by Crippen LogP contribution is -2.13. The van der Waals surface area contributed by atoms with E-state index in [1.807, 2.05) is 0 Å². The van der Waals surface area contributed by atoms with Gasteiger partial charge in [-0.2, -0.15) is 13.2 Å². The summed E-state index contributed by atoms with van der Waals surface area (Å²) >= 11 is 0. The van der Waals surface area contributed by atoms with Crippen molar-refractivity contribution in [3.63, 3.8) is 0 Å². The minimum Gasteiger partial charge on any atom is -0.481 e. The van der Waals surface area contributed by atoms with Crippen LogP contribution in [0.25, 0.3) is 0 Å². The van der Waals surface area contributed by atoms with Gasteiger partial charge >= 0.3 is 12.1 Å². The van der Waals surface area contributed by atoms with Crippen molar-refractivity contribution < 1.29 is 31.9 Å². The van der Waals surface area contributed by atoms with Crippen LogP contribution in [0.15, 0.2) is 12.1 Å². The van der Waals surface area contributed by atoms with Crippen molar-refractivity contribution in [3.05, 3.63) is 29.1 Å². The lowest BCUT2D eigenvalue weighted by Gasteiger charge is -2.10. The van der Waals surface area contributed by atoms with Crippen molar-refractivity contribution in [2.24, 2.45) is 0 Å². The summed E-state index contributed by atoms with van der Waals surface area (Å²) < 4.78 is 61.5.